The van der Waals surface area contributed by atoms with Crippen LogP contribution in [0.25, 0.3) is 0 Å². The highest BCUT2D eigenvalue weighted by Gasteiger charge is 2.19. The summed E-state index contributed by atoms with van der Waals surface area (Å²) in [6.45, 7) is 11.4. The van der Waals surface area contributed by atoms with Crippen molar-refractivity contribution in [2.75, 3.05) is 13.2 Å². The molecule has 0 aromatic rings. The summed E-state index contributed by atoms with van der Waals surface area (Å²) in [6, 6.07) is 0. The molecule has 0 heterocycles. The zero-order valence-corrected chi connectivity index (χ0v) is 42.5. The fourth-order valence-corrected chi connectivity index (χ4v) is 8.52. The summed E-state index contributed by atoms with van der Waals surface area (Å²) in [6.07, 6.45) is 51.0. The third kappa shape index (κ3) is 49.4. The second-order valence-corrected chi connectivity index (χ2v) is 20.2. The molecule has 0 amide bonds. The van der Waals surface area contributed by atoms with E-state index >= 15 is 0 Å². The molecular weight excluding hydrogens is 769 g/mol. The van der Waals surface area contributed by atoms with Gasteiger partial charge in [-0.2, -0.15) is 0 Å². The molecule has 0 aliphatic carbocycles. The monoisotopic (exact) mass is 877 g/mol. The standard InChI is InChI=1S/C56H108O6/c1-6-7-8-9-10-11-26-31-36-41-46-54(57)60-49-53(62-56(59)48-43-38-33-28-23-22-25-30-35-40-45-52(4)5)50-61-55(58)47-42-37-32-27-21-19-17-15-13-12-14-16-18-20-24-29-34-39-44-51(2)3/h51-53H,6-50H2,1-5H3/t53-/m1/s1. The van der Waals surface area contributed by atoms with Gasteiger partial charge in [0.2, 0.25) is 0 Å². The van der Waals surface area contributed by atoms with Crippen molar-refractivity contribution in [2.24, 2.45) is 11.8 Å². The predicted molar refractivity (Wildman–Crippen MR) is 266 cm³/mol. The number of hydrogen-bond donors (Lipinski definition) is 0. The molecule has 0 aliphatic heterocycles. The van der Waals surface area contributed by atoms with E-state index in [1.165, 1.54) is 199 Å². The minimum absolute atomic E-state index is 0.0632. The van der Waals surface area contributed by atoms with Crippen LogP contribution in [0.1, 0.15) is 311 Å². The number of carbonyl (C=O) groups excluding carboxylic acids is 3. The Morgan fingerprint density at radius 3 is 0.790 bits per heavy atom. The van der Waals surface area contributed by atoms with Crippen LogP contribution in [-0.4, -0.2) is 37.2 Å². The van der Waals surface area contributed by atoms with Crippen LogP contribution in [0.2, 0.25) is 0 Å². The van der Waals surface area contributed by atoms with E-state index in [4.69, 9.17) is 14.2 Å². The number of ether oxygens (including phenoxy) is 3. The first-order valence-corrected chi connectivity index (χ1v) is 27.7. The van der Waals surface area contributed by atoms with E-state index in [0.717, 1.165) is 69.6 Å². The van der Waals surface area contributed by atoms with Crippen LogP contribution in [0, 0.1) is 11.8 Å². The third-order valence-corrected chi connectivity index (χ3v) is 12.7. The van der Waals surface area contributed by atoms with E-state index < -0.39 is 6.10 Å². The molecule has 0 N–H and O–H groups in total. The van der Waals surface area contributed by atoms with Gasteiger partial charge in [-0.3, -0.25) is 14.4 Å². The highest BCUT2D eigenvalue weighted by molar-refractivity contribution is 5.71. The maximum absolute atomic E-state index is 12.8. The van der Waals surface area contributed by atoms with Crippen molar-refractivity contribution in [3.63, 3.8) is 0 Å². The fraction of sp³-hybridized carbons (Fsp3) is 0.946. The second kappa shape index (κ2) is 48.9. The van der Waals surface area contributed by atoms with Crippen LogP contribution in [0.5, 0.6) is 0 Å². The molecule has 368 valence electrons. The lowest BCUT2D eigenvalue weighted by molar-refractivity contribution is -0.167. The van der Waals surface area contributed by atoms with Gasteiger partial charge < -0.3 is 14.2 Å². The Balaban J connectivity index is 4.20. The maximum atomic E-state index is 12.8. The molecule has 0 saturated heterocycles. The van der Waals surface area contributed by atoms with Gasteiger partial charge in [-0.1, -0.05) is 272 Å². The van der Waals surface area contributed by atoms with E-state index in [1.54, 1.807) is 0 Å². The van der Waals surface area contributed by atoms with Crippen LogP contribution >= 0.6 is 0 Å². The largest absolute Gasteiger partial charge is 0.462 e. The third-order valence-electron chi connectivity index (χ3n) is 12.7. The van der Waals surface area contributed by atoms with Crippen molar-refractivity contribution in [3.05, 3.63) is 0 Å². The van der Waals surface area contributed by atoms with Gasteiger partial charge in [0.25, 0.3) is 0 Å². The van der Waals surface area contributed by atoms with E-state index in [1.807, 2.05) is 0 Å². The molecule has 0 saturated carbocycles. The summed E-state index contributed by atoms with van der Waals surface area (Å²) >= 11 is 0. The smallest absolute Gasteiger partial charge is 0.306 e. The van der Waals surface area contributed by atoms with Gasteiger partial charge in [-0.25, -0.2) is 0 Å². The Bertz CT molecular complexity index is 947. The average Bonchev–Trinajstić information content (AvgIpc) is 3.24. The summed E-state index contributed by atoms with van der Waals surface area (Å²) in [5.41, 5.74) is 0. The quantitative estimate of drug-likeness (QED) is 0.0344. The summed E-state index contributed by atoms with van der Waals surface area (Å²) in [4.78, 5) is 38.0. The van der Waals surface area contributed by atoms with E-state index in [0.29, 0.717) is 19.3 Å². The minimum atomic E-state index is -0.761. The van der Waals surface area contributed by atoms with Gasteiger partial charge in [-0.15, -0.1) is 0 Å². The lowest BCUT2D eigenvalue weighted by atomic mass is 10.0. The Morgan fingerprint density at radius 1 is 0.306 bits per heavy atom. The summed E-state index contributed by atoms with van der Waals surface area (Å²) in [5, 5.41) is 0. The topological polar surface area (TPSA) is 78.9 Å². The Hall–Kier alpha value is -1.59. The molecule has 0 aromatic heterocycles. The first-order valence-electron chi connectivity index (χ1n) is 27.7. The van der Waals surface area contributed by atoms with Crippen molar-refractivity contribution in [1.82, 2.24) is 0 Å². The van der Waals surface area contributed by atoms with Gasteiger partial charge >= 0.3 is 17.9 Å². The molecule has 0 unspecified atom stereocenters. The second-order valence-electron chi connectivity index (χ2n) is 20.2. The van der Waals surface area contributed by atoms with E-state index in [-0.39, 0.29) is 31.1 Å². The molecule has 6 heteroatoms. The Kier molecular flexibility index (Phi) is 47.6. The summed E-state index contributed by atoms with van der Waals surface area (Å²) < 4.78 is 16.8. The average molecular weight is 877 g/mol. The normalized spacial score (nSPS) is 12.0. The van der Waals surface area contributed by atoms with Crippen LogP contribution in [0.4, 0.5) is 0 Å². The molecule has 0 rings (SSSR count). The van der Waals surface area contributed by atoms with E-state index in [9.17, 15) is 14.4 Å². The lowest BCUT2D eigenvalue weighted by Crippen LogP contribution is -2.30. The zero-order chi connectivity index (χ0) is 45.4. The van der Waals surface area contributed by atoms with Gasteiger partial charge in [0.05, 0.1) is 0 Å². The molecule has 6 nitrogen and oxygen atoms in total. The highest BCUT2D eigenvalue weighted by atomic mass is 16.6. The van der Waals surface area contributed by atoms with Crippen molar-refractivity contribution >= 4 is 17.9 Å². The molecular formula is C56H108O6. The van der Waals surface area contributed by atoms with E-state index in [2.05, 4.69) is 34.6 Å². The van der Waals surface area contributed by atoms with Crippen LogP contribution in [0.15, 0.2) is 0 Å². The first kappa shape index (κ1) is 60.4. The highest BCUT2D eigenvalue weighted by Crippen LogP contribution is 2.18. The number of unbranched alkanes of at least 4 members (excludes halogenated alkanes) is 35. The van der Waals surface area contributed by atoms with Gasteiger partial charge in [-0.05, 0) is 31.1 Å². The van der Waals surface area contributed by atoms with Crippen LogP contribution < -0.4 is 0 Å². The number of hydrogen-bond acceptors (Lipinski definition) is 6. The van der Waals surface area contributed by atoms with Crippen molar-refractivity contribution in [2.45, 2.75) is 317 Å². The lowest BCUT2D eigenvalue weighted by Gasteiger charge is -2.18. The van der Waals surface area contributed by atoms with Crippen molar-refractivity contribution < 1.29 is 28.6 Å². The molecule has 0 spiro atoms. The van der Waals surface area contributed by atoms with Crippen molar-refractivity contribution in [1.29, 1.82) is 0 Å². The molecule has 0 fully saturated rings. The molecule has 1 atom stereocenters. The molecule has 0 bridgehead atoms. The summed E-state index contributed by atoms with van der Waals surface area (Å²) in [5.74, 6) is 0.830. The molecule has 0 radical (unpaired) electrons. The maximum Gasteiger partial charge on any atom is 0.306 e. The summed E-state index contributed by atoms with van der Waals surface area (Å²) in [7, 11) is 0. The first-order chi connectivity index (χ1) is 30.2. The Morgan fingerprint density at radius 2 is 0.532 bits per heavy atom. The van der Waals surface area contributed by atoms with Gasteiger partial charge in [0.15, 0.2) is 6.10 Å². The minimum Gasteiger partial charge on any atom is -0.462 e. The van der Waals surface area contributed by atoms with Crippen molar-refractivity contribution in [3.8, 4) is 0 Å². The predicted octanol–water partition coefficient (Wildman–Crippen LogP) is 18.1. The number of carbonyl (C=O) groups is 3. The van der Waals surface area contributed by atoms with Gasteiger partial charge in [0.1, 0.15) is 13.2 Å². The molecule has 62 heavy (non-hydrogen) atoms. The zero-order valence-electron chi connectivity index (χ0n) is 42.5. The van der Waals surface area contributed by atoms with Gasteiger partial charge in [0, 0.05) is 19.3 Å². The molecule has 0 aromatic carbocycles. The van der Waals surface area contributed by atoms with Crippen LogP contribution in [-0.2, 0) is 28.6 Å². The fourth-order valence-electron chi connectivity index (χ4n) is 8.52. The SMILES string of the molecule is CCCCCCCCCCCCC(=O)OC[C@H](COC(=O)CCCCCCCCCCCCCCCCCCCCC(C)C)OC(=O)CCCCCCCCCCCCC(C)C. The number of esters is 3. The number of rotatable bonds is 50. The van der Waals surface area contributed by atoms with Crippen LogP contribution in [0.3, 0.4) is 0 Å². The Labute approximate surface area is 387 Å². The molecule has 0 aliphatic rings.